The van der Waals surface area contributed by atoms with E-state index in [-0.39, 0.29) is 5.41 Å². The van der Waals surface area contributed by atoms with Gasteiger partial charge in [-0.3, -0.25) is 4.90 Å². The molecule has 19 heavy (non-hydrogen) atoms. The van der Waals surface area contributed by atoms with Gasteiger partial charge in [-0.2, -0.15) is 0 Å². The van der Waals surface area contributed by atoms with Crippen LogP contribution in [0.15, 0.2) is 0 Å². The van der Waals surface area contributed by atoms with E-state index in [1.807, 2.05) is 0 Å². The van der Waals surface area contributed by atoms with Crippen molar-refractivity contribution >= 4 is 0 Å². The van der Waals surface area contributed by atoms with Crippen molar-refractivity contribution in [2.75, 3.05) is 32.9 Å². The van der Waals surface area contributed by atoms with Crippen molar-refractivity contribution in [2.24, 2.45) is 11.3 Å². The van der Waals surface area contributed by atoms with Crippen molar-refractivity contribution < 1.29 is 9.84 Å². The van der Waals surface area contributed by atoms with Crippen molar-refractivity contribution in [3.8, 4) is 0 Å². The van der Waals surface area contributed by atoms with Gasteiger partial charge in [0.05, 0.1) is 25.2 Å². The lowest BCUT2D eigenvalue weighted by Crippen LogP contribution is -2.54. The zero-order valence-corrected chi connectivity index (χ0v) is 12.1. The first-order valence-corrected chi connectivity index (χ1v) is 8.24. The van der Waals surface area contributed by atoms with E-state index < -0.39 is 0 Å². The first-order chi connectivity index (χ1) is 9.31. The van der Waals surface area contributed by atoms with Gasteiger partial charge >= 0.3 is 0 Å². The molecule has 1 saturated carbocycles. The summed E-state index contributed by atoms with van der Waals surface area (Å²) in [6, 6.07) is 0.784. The molecular weight excluding hydrogens is 238 g/mol. The molecule has 3 fully saturated rings. The summed E-state index contributed by atoms with van der Waals surface area (Å²) in [6.07, 6.45) is 11.4. The fourth-order valence-corrected chi connectivity index (χ4v) is 4.23. The lowest BCUT2D eigenvalue weighted by molar-refractivity contribution is -0.149. The summed E-state index contributed by atoms with van der Waals surface area (Å²) < 4.78 is 5.34. The zero-order chi connectivity index (χ0) is 13.1. The number of rotatable bonds is 5. The van der Waals surface area contributed by atoms with Gasteiger partial charge in [0, 0.05) is 12.6 Å². The molecule has 0 amide bonds. The monoisotopic (exact) mass is 267 g/mol. The molecule has 1 unspecified atom stereocenters. The Morgan fingerprint density at radius 1 is 1.05 bits per heavy atom. The molecule has 3 nitrogen and oxygen atoms in total. The third-order valence-electron chi connectivity index (χ3n) is 5.52. The molecule has 2 heterocycles. The number of likely N-dealkylation sites (tertiary alicyclic amines) is 1. The maximum atomic E-state index is 9.60. The number of ether oxygens (including phenoxy) is 1. The molecule has 2 saturated heterocycles. The average Bonchev–Trinajstić information content (AvgIpc) is 2.82. The van der Waals surface area contributed by atoms with Crippen LogP contribution in [0, 0.1) is 11.3 Å². The van der Waals surface area contributed by atoms with Gasteiger partial charge in [0.15, 0.2) is 0 Å². The van der Waals surface area contributed by atoms with Crippen LogP contribution in [0.4, 0.5) is 0 Å². The third-order valence-corrected chi connectivity index (χ3v) is 5.52. The van der Waals surface area contributed by atoms with Crippen molar-refractivity contribution in [2.45, 2.75) is 57.4 Å². The minimum atomic E-state index is 0.0646. The molecule has 2 aliphatic heterocycles. The van der Waals surface area contributed by atoms with Gasteiger partial charge in [-0.1, -0.05) is 32.1 Å². The number of aliphatic hydroxyl groups is 1. The Balaban J connectivity index is 1.52. The normalized spacial score (nSPS) is 32.4. The first-order valence-electron chi connectivity index (χ1n) is 8.24. The van der Waals surface area contributed by atoms with Crippen molar-refractivity contribution in [3.63, 3.8) is 0 Å². The Labute approximate surface area is 117 Å². The molecule has 3 rings (SSSR count). The molecule has 0 radical (unpaired) electrons. The topological polar surface area (TPSA) is 32.7 Å². The molecule has 3 aliphatic rings. The highest BCUT2D eigenvalue weighted by molar-refractivity contribution is 4.92. The van der Waals surface area contributed by atoms with E-state index in [2.05, 4.69) is 4.90 Å². The highest BCUT2D eigenvalue weighted by atomic mass is 16.5. The standard InChI is InChI=1S/C16H29NO2/c18-11-16(12-19-13-16)10-17-8-4-7-15(17)9-14-5-2-1-3-6-14/h14-15,18H,1-13H2. The maximum Gasteiger partial charge on any atom is 0.0579 e. The fraction of sp³-hybridized carbons (Fsp3) is 1.00. The lowest BCUT2D eigenvalue weighted by atomic mass is 9.83. The molecular formula is C16H29NO2. The fourth-order valence-electron chi connectivity index (χ4n) is 4.23. The van der Waals surface area contributed by atoms with Crippen LogP contribution in [-0.2, 0) is 4.74 Å². The van der Waals surface area contributed by atoms with E-state index in [1.165, 1.54) is 57.9 Å². The van der Waals surface area contributed by atoms with Crippen LogP contribution in [-0.4, -0.2) is 49.0 Å². The van der Waals surface area contributed by atoms with Crippen LogP contribution in [0.5, 0.6) is 0 Å². The van der Waals surface area contributed by atoms with Gasteiger partial charge in [0.1, 0.15) is 0 Å². The minimum Gasteiger partial charge on any atom is -0.396 e. The van der Waals surface area contributed by atoms with E-state index in [4.69, 9.17) is 4.74 Å². The third kappa shape index (κ3) is 3.14. The van der Waals surface area contributed by atoms with E-state index >= 15 is 0 Å². The molecule has 3 heteroatoms. The smallest absolute Gasteiger partial charge is 0.0579 e. The predicted molar refractivity (Wildman–Crippen MR) is 76.1 cm³/mol. The van der Waals surface area contributed by atoms with Crippen LogP contribution in [0.25, 0.3) is 0 Å². The van der Waals surface area contributed by atoms with Crippen LogP contribution < -0.4 is 0 Å². The summed E-state index contributed by atoms with van der Waals surface area (Å²) >= 11 is 0. The minimum absolute atomic E-state index is 0.0646. The maximum absolute atomic E-state index is 9.60. The summed E-state index contributed by atoms with van der Waals surface area (Å²) in [7, 11) is 0. The summed E-state index contributed by atoms with van der Waals surface area (Å²) in [6.45, 7) is 4.10. The highest BCUT2D eigenvalue weighted by Gasteiger charge is 2.42. The van der Waals surface area contributed by atoms with Gasteiger partial charge in [0.25, 0.3) is 0 Å². The zero-order valence-electron chi connectivity index (χ0n) is 12.1. The Bertz CT molecular complexity index is 279. The molecule has 1 N–H and O–H groups in total. The summed E-state index contributed by atoms with van der Waals surface area (Å²) in [5.74, 6) is 0.974. The van der Waals surface area contributed by atoms with Gasteiger partial charge in [-0.05, 0) is 31.7 Å². The number of aliphatic hydroxyl groups excluding tert-OH is 1. The number of hydrogen-bond acceptors (Lipinski definition) is 3. The summed E-state index contributed by atoms with van der Waals surface area (Å²) in [5, 5.41) is 9.60. The second-order valence-electron chi connectivity index (χ2n) is 7.16. The highest BCUT2D eigenvalue weighted by Crippen LogP contribution is 2.35. The van der Waals surface area contributed by atoms with E-state index in [9.17, 15) is 5.11 Å². The molecule has 0 aromatic carbocycles. The lowest BCUT2D eigenvalue weighted by Gasteiger charge is -2.44. The Morgan fingerprint density at radius 3 is 2.47 bits per heavy atom. The number of hydrogen-bond donors (Lipinski definition) is 1. The van der Waals surface area contributed by atoms with E-state index in [0.29, 0.717) is 6.61 Å². The van der Waals surface area contributed by atoms with Crippen LogP contribution >= 0.6 is 0 Å². The Kier molecular flexibility index (Phi) is 4.45. The molecule has 110 valence electrons. The van der Waals surface area contributed by atoms with Gasteiger partial charge in [-0.15, -0.1) is 0 Å². The van der Waals surface area contributed by atoms with Gasteiger partial charge < -0.3 is 9.84 Å². The van der Waals surface area contributed by atoms with Crippen molar-refractivity contribution in [3.05, 3.63) is 0 Å². The molecule has 0 spiro atoms. The SMILES string of the molecule is OCC1(CN2CCCC2CC2CCCCC2)COC1. The van der Waals surface area contributed by atoms with E-state index in [0.717, 1.165) is 31.7 Å². The second kappa shape index (κ2) is 6.11. The Morgan fingerprint density at radius 2 is 1.84 bits per heavy atom. The second-order valence-corrected chi connectivity index (χ2v) is 7.16. The molecule has 0 aromatic heterocycles. The number of nitrogens with zero attached hydrogens (tertiary/aromatic N) is 1. The summed E-state index contributed by atoms with van der Waals surface area (Å²) in [5.41, 5.74) is 0.0646. The quantitative estimate of drug-likeness (QED) is 0.830. The van der Waals surface area contributed by atoms with Crippen LogP contribution in [0.2, 0.25) is 0 Å². The molecule has 0 aromatic rings. The summed E-state index contributed by atoms with van der Waals surface area (Å²) in [4.78, 5) is 2.66. The largest absolute Gasteiger partial charge is 0.396 e. The Hall–Kier alpha value is -0.120. The first kappa shape index (κ1) is 13.8. The van der Waals surface area contributed by atoms with Gasteiger partial charge in [-0.25, -0.2) is 0 Å². The molecule has 1 aliphatic carbocycles. The predicted octanol–water partition coefficient (Wildman–Crippen LogP) is 2.43. The van der Waals surface area contributed by atoms with Crippen LogP contribution in [0.1, 0.15) is 51.4 Å². The van der Waals surface area contributed by atoms with Gasteiger partial charge in [0.2, 0.25) is 0 Å². The van der Waals surface area contributed by atoms with Crippen molar-refractivity contribution in [1.29, 1.82) is 0 Å². The van der Waals surface area contributed by atoms with Crippen LogP contribution in [0.3, 0.4) is 0 Å². The average molecular weight is 267 g/mol. The molecule has 1 atom stereocenters. The molecule has 0 bridgehead atoms. The van der Waals surface area contributed by atoms with E-state index in [1.54, 1.807) is 0 Å². The van der Waals surface area contributed by atoms with Crippen molar-refractivity contribution in [1.82, 2.24) is 4.90 Å².